The van der Waals surface area contributed by atoms with Gasteiger partial charge >= 0.3 is 0 Å². The fraction of sp³-hybridized carbons (Fsp3) is 1.00. The molecule has 1 aliphatic rings. The average molecular weight is 128 g/mol. The normalized spacial score (nSPS) is 22.0. The van der Waals surface area contributed by atoms with Crippen molar-refractivity contribution >= 4 is 0 Å². The minimum Gasteiger partial charge on any atom is -0.318 e. The van der Waals surface area contributed by atoms with Gasteiger partial charge in [0.2, 0.25) is 0 Å². The molecule has 0 amide bonds. The van der Waals surface area contributed by atoms with E-state index in [1.165, 1.54) is 19.6 Å². The summed E-state index contributed by atoms with van der Waals surface area (Å²) in [5.41, 5.74) is 0. The van der Waals surface area contributed by atoms with E-state index in [4.69, 9.17) is 0 Å². The van der Waals surface area contributed by atoms with Crippen LogP contribution in [0, 0.1) is 5.92 Å². The number of rotatable bonds is 3. The van der Waals surface area contributed by atoms with Crippen molar-refractivity contribution in [2.75, 3.05) is 33.2 Å². The van der Waals surface area contributed by atoms with Crippen LogP contribution in [0.1, 0.15) is 6.92 Å². The van der Waals surface area contributed by atoms with Gasteiger partial charge in [-0.25, -0.2) is 0 Å². The smallest absolute Gasteiger partial charge is 0.0107 e. The molecule has 0 aromatic carbocycles. The number of hydrogen-bond donors (Lipinski definition) is 1. The highest BCUT2D eigenvalue weighted by Crippen LogP contribution is 2.12. The molecule has 0 bridgehead atoms. The molecule has 0 aromatic heterocycles. The molecule has 0 aromatic rings. The highest BCUT2D eigenvalue weighted by atomic mass is 15.2. The van der Waals surface area contributed by atoms with Crippen molar-refractivity contribution in [3.63, 3.8) is 0 Å². The first-order valence-corrected chi connectivity index (χ1v) is 3.70. The van der Waals surface area contributed by atoms with E-state index in [1.807, 2.05) is 7.05 Å². The predicted octanol–water partition coefficient (Wildman–Crippen LogP) is 0.157. The number of nitrogens with zero attached hydrogens (tertiary/aromatic N) is 1. The van der Waals surface area contributed by atoms with Crippen molar-refractivity contribution in [1.29, 1.82) is 0 Å². The van der Waals surface area contributed by atoms with E-state index >= 15 is 0 Å². The average Bonchev–Trinajstić information content (AvgIpc) is 1.78. The van der Waals surface area contributed by atoms with Crippen LogP contribution in [0.25, 0.3) is 0 Å². The van der Waals surface area contributed by atoms with Crippen LogP contribution in [0.4, 0.5) is 0 Å². The molecule has 0 spiro atoms. The van der Waals surface area contributed by atoms with Gasteiger partial charge in [0.25, 0.3) is 0 Å². The van der Waals surface area contributed by atoms with Crippen LogP contribution in [0.3, 0.4) is 0 Å². The lowest BCUT2D eigenvalue weighted by Crippen LogP contribution is -2.47. The minimum atomic E-state index is 0.946. The molecule has 1 rings (SSSR count). The van der Waals surface area contributed by atoms with Crippen molar-refractivity contribution in [3.05, 3.63) is 0 Å². The van der Waals surface area contributed by atoms with E-state index in [9.17, 15) is 0 Å². The fourth-order valence-corrected chi connectivity index (χ4v) is 1.28. The Morgan fingerprint density at radius 1 is 1.56 bits per heavy atom. The molecule has 1 saturated heterocycles. The summed E-state index contributed by atoms with van der Waals surface area (Å²) in [5.74, 6) is 0.946. The van der Waals surface area contributed by atoms with Crippen molar-refractivity contribution in [2.45, 2.75) is 6.92 Å². The van der Waals surface area contributed by atoms with Gasteiger partial charge in [0.05, 0.1) is 0 Å². The largest absolute Gasteiger partial charge is 0.318 e. The molecule has 1 N–H and O–H groups in total. The summed E-state index contributed by atoms with van der Waals surface area (Å²) in [7, 11) is 2.00. The first-order chi connectivity index (χ1) is 4.33. The third-order valence-electron chi connectivity index (χ3n) is 1.82. The maximum absolute atomic E-state index is 3.14. The molecular weight excluding hydrogens is 112 g/mol. The molecule has 0 aliphatic carbocycles. The number of likely N-dealkylation sites (N-methyl/N-ethyl adjacent to an activating group) is 1. The van der Waals surface area contributed by atoms with Crippen LogP contribution in [-0.2, 0) is 0 Å². The molecule has 1 heterocycles. The quantitative estimate of drug-likeness (QED) is 0.582. The van der Waals surface area contributed by atoms with Crippen LogP contribution in [0.15, 0.2) is 0 Å². The van der Waals surface area contributed by atoms with Gasteiger partial charge in [0.1, 0.15) is 0 Å². The van der Waals surface area contributed by atoms with Gasteiger partial charge in [-0.15, -0.1) is 0 Å². The minimum absolute atomic E-state index is 0.946. The Morgan fingerprint density at radius 3 is 2.67 bits per heavy atom. The van der Waals surface area contributed by atoms with Gasteiger partial charge in [-0.3, -0.25) is 0 Å². The zero-order valence-corrected chi connectivity index (χ0v) is 6.35. The summed E-state index contributed by atoms with van der Waals surface area (Å²) >= 11 is 0. The Morgan fingerprint density at radius 2 is 2.22 bits per heavy atom. The van der Waals surface area contributed by atoms with Gasteiger partial charge in [-0.05, 0) is 13.0 Å². The van der Waals surface area contributed by atoms with Crippen molar-refractivity contribution in [1.82, 2.24) is 10.2 Å². The fourth-order valence-electron chi connectivity index (χ4n) is 1.28. The SMILES string of the molecule is CNCCN1CC(C)C1. The maximum Gasteiger partial charge on any atom is 0.0107 e. The second-order valence-corrected chi connectivity index (χ2v) is 2.97. The molecule has 2 nitrogen and oxygen atoms in total. The van der Waals surface area contributed by atoms with Crippen molar-refractivity contribution in [2.24, 2.45) is 5.92 Å². The summed E-state index contributed by atoms with van der Waals surface area (Å²) in [6.07, 6.45) is 0. The standard InChI is InChI=1S/C7H16N2/c1-7-5-9(6-7)4-3-8-2/h7-8H,3-6H2,1-2H3. The second kappa shape index (κ2) is 3.18. The first-order valence-electron chi connectivity index (χ1n) is 3.70. The van der Waals surface area contributed by atoms with E-state index in [-0.39, 0.29) is 0 Å². The van der Waals surface area contributed by atoms with Crippen LogP contribution in [0.5, 0.6) is 0 Å². The van der Waals surface area contributed by atoms with Gasteiger partial charge in [-0.1, -0.05) is 6.92 Å². The Labute approximate surface area is 57.2 Å². The third-order valence-corrected chi connectivity index (χ3v) is 1.82. The summed E-state index contributed by atoms with van der Waals surface area (Å²) in [4.78, 5) is 2.47. The predicted molar refractivity (Wildman–Crippen MR) is 39.5 cm³/mol. The summed E-state index contributed by atoms with van der Waals surface area (Å²) in [6, 6.07) is 0. The third kappa shape index (κ3) is 1.95. The van der Waals surface area contributed by atoms with E-state index in [0.29, 0.717) is 0 Å². The molecule has 0 unspecified atom stereocenters. The molecule has 1 fully saturated rings. The molecule has 2 heteroatoms. The Balaban J connectivity index is 1.91. The van der Waals surface area contributed by atoms with Gasteiger partial charge in [-0.2, -0.15) is 0 Å². The number of likely N-dealkylation sites (tertiary alicyclic amines) is 1. The molecule has 0 radical (unpaired) electrons. The second-order valence-electron chi connectivity index (χ2n) is 2.97. The van der Waals surface area contributed by atoms with Gasteiger partial charge in [0, 0.05) is 26.2 Å². The molecule has 0 atom stereocenters. The van der Waals surface area contributed by atoms with Crippen LogP contribution in [-0.4, -0.2) is 38.1 Å². The van der Waals surface area contributed by atoms with Crippen LogP contribution < -0.4 is 5.32 Å². The number of hydrogen-bond acceptors (Lipinski definition) is 2. The molecule has 9 heavy (non-hydrogen) atoms. The lowest BCUT2D eigenvalue weighted by atomic mass is 10.0. The monoisotopic (exact) mass is 128 g/mol. The van der Waals surface area contributed by atoms with E-state index in [0.717, 1.165) is 12.5 Å². The van der Waals surface area contributed by atoms with Crippen LogP contribution >= 0.6 is 0 Å². The molecule has 0 saturated carbocycles. The van der Waals surface area contributed by atoms with Crippen molar-refractivity contribution in [3.8, 4) is 0 Å². The summed E-state index contributed by atoms with van der Waals surface area (Å²) < 4.78 is 0. The summed E-state index contributed by atoms with van der Waals surface area (Å²) in [5, 5.41) is 3.14. The highest BCUT2D eigenvalue weighted by Gasteiger charge is 2.20. The van der Waals surface area contributed by atoms with E-state index in [1.54, 1.807) is 0 Å². The molecule has 54 valence electrons. The Bertz CT molecular complexity index is 77.0. The molecule has 1 aliphatic heterocycles. The topological polar surface area (TPSA) is 15.3 Å². The Hall–Kier alpha value is -0.0800. The van der Waals surface area contributed by atoms with Crippen LogP contribution in [0.2, 0.25) is 0 Å². The zero-order valence-electron chi connectivity index (χ0n) is 6.35. The number of nitrogens with one attached hydrogen (secondary N) is 1. The first kappa shape index (κ1) is 7.03. The maximum atomic E-state index is 3.14. The lowest BCUT2D eigenvalue weighted by Gasteiger charge is -2.36. The Kier molecular flexibility index (Phi) is 2.49. The zero-order chi connectivity index (χ0) is 6.69. The van der Waals surface area contributed by atoms with Gasteiger partial charge < -0.3 is 10.2 Å². The highest BCUT2D eigenvalue weighted by molar-refractivity contribution is 4.75. The summed E-state index contributed by atoms with van der Waals surface area (Å²) in [6.45, 7) is 7.27. The van der Waals surface area contributed by atoms with E-state index < -0.39 is 0 Å². The van der Waals surface area contributed by atoms with Gasteiger partial charge in [0.15, 0.2) is 0 Å². The lowest BCUT2D eigenvalue weighted by molar-refractivity contribution is 0.115. The van der Waals surface area contributed by atoms with Crippen molar-refractivity contribution < 1.29 is 0 Å². The van der Waals surface area contributed by atoms with E-state index in [2.05, 4.69) is 17.1 Å². The molecular formula is C7H16N2.